The molecule has 3 rings (SSSR count). The van der Waals surface area contributed by atoms with Crippen LogP contribution >= 0.6 is 27.5 Å². The second kappa shape index (κ2) is 8.88. The number of para-hydroxylation sites is 1. The highest BCUT2D eigenvalue weighted by Crippen LogP contribution is 2.33. The molecule has 5 nitrogen and oxygen atoms in total. The van der Waals surface area contributed by atoms with E-state index in [1.54, 1.807) is 30.3 Å². The Morgan fingerprint density at radius 3 is 2.52 bits per heavy atom. The molecule has 0 spiro atoms. The Bertz CT molecular complexity index is 993. The van der Waals surface area contributed by atoms with Crippen LogP contribution in [0.4, 0.5) is 5.69 Å². The molecule has 0 saturated carbocycles. The molecule has 1 amide bonds. The monoisotopic (exact) mass is 447 g/mol. The number of halogens is 2. The zero-order chi connectivity index (χ0) is 19.2. The predicted octanol–water partition coefficient (Wildman–Crippen LogP) is 4.82. The first-order valence-corrected chi connectivity index (χ1v) is 9.22. The summed E-state index contributed by atoms with van der Waals surface area (Å²) in [6.07, 6.45) is 0. The van der Waals surface area contributed by atoms with Crippen molar-refractivity contribution in [1.29, 1.82) is 0 Å². The number of anilines is 1. The van der Waals surface area contributed by atoms with E-state index in [9.17, 15) is 9.59 Å². The van der Waals surface area contributed by atoms with Crippen LogP contribution in [0.1, 0.15) is 0 Å². The number of ether oxygens (including phenoxy) is 2. The van der Waals surface area contributed by atoms with Crippen LogP contribution in [0.5, 0.6) is 5.75 Å². The maximum absolute atomic E-state index is 11.8. The van der Waals surface area contributed by atoms with Crippen LogP contribution in [0, 0.1) is 0 Å². The molecule has 0 atom stereocenters. The number of carbonyl (C=O) groups is 2. The molecule has 27 heavy (non-hydrogen) atoms. The lowest BCUT2D eigenvalue weighted by atomic mass is 10.1. The van der Waals surface area contributed by atoms with Crippen LogP contribution in [0.15, 0.2) is 65.1 Å². The molecular weight excluding hydrogens is 434 g/mol. The van der Waals surface area contributed by atoms with Gasteiger partial charge in [-0.3, -0.25) is 4.79 Å². The van der Waals surface area contributed by atoms with Gasteiger partial charge in [0.2, 0.25) is 0 Å². The molecule has 0 aliphatic rings. The lowest BCUT2D eigenvalue weighted by Gasteiger charge is -2.11. The van der Waals surface area contributed by atoms with E-state index in [1.165, 1.54) is 0 Å². The predicted molar refractivity (Wildman–Crippen MR) is 108 cm³/mol. The first kappa shape index (κ1) is 19.2. The van der Waals surface area contributed by atoms with Crippen molar-refractivity contribution < 1.29 is 19.1 Å². The van der Waals surface area contributed by atoms with Gasteiger partial charge in [-0.1, -0.05) is 54.1 Å². The van der Waals surface area contributed by atoms with Crippen LogP contribution < -0.4 is 10.1 Å². The summed E-state index contributed by atoms with van der Waals surface area (Å²) >= 11 is 9.44. The third-order valence-electron chi connectivity index (χ3n) is 3.69. The van der Waals surface area contributed by atoms with E-state index in [0.29, 0.717) is 16.5 Å². The second-order valence-electron chi connectivity index (χ2n) is 5.58. The number of carbonyl (C=O) groups excluding carboxylic acids is 2. The fourth-order valence-corrected chi connectivity index (χ4v) is 3.19. The fourth-order valence-electron chi connectivity index (χ4n) is 2.40. The quantitative estimate of drug-likeness (QED) is 0.549. The van der Waals surface area contributed by atoms with Crippen molar-refractivity contribution in [1.82, 2.24) is 0 Å². The average molecular weight is 449 g/mol. The van der Waals surface area contributed by atoms with Crippen molar-refractivity contribution in [3.8, 4) is 5.75 Å². The van der Waals surface area contributed by atoms with Crippen molar-refractivity contribution in [3.63, 3.8) is 0 Å². The van der Waals surface area contributed by atoms with Crippen molar-refractivity contribution >= 4 is 55.9 Å². The van der Waals surface area contributed by atoms with E-state index in [-0.39, 0.29) is 6.61 Å². The third-order valence-corrected chi connectivity index (χ3v) is 4.83. The van der Waals surface area contributed by atoms with Crippen LogP contribution in [0.2, 0.25) is 5.02 Å². The zero-order valence-electron chi connectivity index (χ0n) is 14.1. The van der Waals surface area contributed by atoms with Crippen LogP contribution in [-0.4, -0.2) is 25.1 Å². The number of nitrogens with one attached hydrogen (secondary N) is 1. The van der Waals surface area contributed by atoms with Crippen LogP contribution in [0.3, 0.4) is 0 Å². The van der Waals surface area contributed by atoms with Crippen molar-refractivity contribution in [2.24, 2.45) is 0 Å². The maximum atomic E-state index is 11.8. The molecular formula is C20H15BrClNO4. The maximum Gasteiger partial charge on any atom is 0.344 e. The first-order valence-electron chi connectivity index (χ1n) is 8.04. The molecule has 7 heteroatoms. The molecule has 0 aromatic heterocycles. The molecule has 0 aliphatic heterocycles. The highest BCUT2D eigenvalue weighted by molar-refractivity contribution is 9.10. The van der Waals surface area contributed by atoms with Gasteiger partial charge in [-0.2, -0.15) is 0 Å². The van der Waals surface area contributed by atoms with Crippen LogP contribution in [0.25, 0.3) is 10.8 Å². The third kappa shape index (κ3) is 4.99. The smallest absolute Gasteiger partial charge is 0.344 e. The highest BCUT2D eigenvalue weighted by atomic mass is 79.9. The van der Waals surface area contributed by atoms with E-state index >= 15 is 0 Å². The summed E-state index contributed by atoms with van der Waals surface area (Å²) < 4.78 is 11.2. The van der Waals surface area contributed by atoms with Crippen molar-refractivity contribution in [2.45, 2.75) is 0 Å². The summed E-state index contributed by atoms with van der Waals surface area (Å²) in [4.78, 5) is 23.7. The Kier molecular flexibility index (Phi) is 6.32. The van der Waals surface area contributed by atoms with Gasteiger partial charge in [0.25, 0.3) is 5.91 Å². The van der Waals surface area contributed by atoms with Gasteiger partial charge < -0.3 is 14.8 Å². The molecule has 1 N–H and O–H groups in total. The highest BCUT2D eigenvalue weighted by Gasteiger charge is 2.12. The number of hydrogen-bond donors (Lipinski definition) is 1. The van der Waals surface area contributed by atoms with Gasteiger partial charge in [-0.05, 0) is 44.9 Å². The molecule has 0 heterocycles. The minimum atomic E-state index is -0.649. The Labute approximate surface area is 169 Å². The minimum Gasteiger partial charge on any atom is -0.481 e. The Balaban J connectivity index is 1.51. The largest absolute Gasteiger partial charge is 0.481 e. The molecule has 3 aromatic rings. The summed E-state index contributed by atoms with van der Waals surface area (Å²) in [6.45, 7) is -0.734. The number of amides is 1. The number of benzene rings is 3. The summed E-state index contributed by atoms with van der Waals surface area (Å²) in [6, 6.07) is 18.3. The Morgan fingerprint density at radius 1 is 0.963 bits per heavy atom. The van der Waals surface area contributed by atoms with Gasteiger partial charge >= 0.3 is 5.97 Å². The normalized spacial score (nSPS) is 10.4. The van der Waals surface area contributed by atoms with Gasteiger partial charge in [-0.15, -0.1) is 0 Å². The van der Waals surface area contributed by atoms with Crippen LogP contribution in [-0.2, 0) is 14.3 Å². The summed E-state index contributed by atoms with van der Waals surface area (Å²) in [5, 5.41) is 5.00. The van der Waals surface area contributed by atoms with Gasteiger partial charge in [0.1, 0.15) is 5.75 Å². The fraction of sp³-hybridized carbons (Fsp3) is 0.100. The second-order valence-corrected chi connectivity index (χ2v) is 6.78. The molecule has 0 saturated heterocycles. The van der Waals surface area contributed by atoms with Gasteiger partial charge in [-0.25, -0.2) is 4.79 Å². The number of rotatable bonds is 6. The van der Waals surface area contributed by atoms with Gasteiger partial charge in [0.05, 0.1) is 15.2 Å². The summed E-state index contributed by atoms with van der Waals surface area (Å²) in [7, 11) is 0. The number of esters is 1. The van der Waals surface area contributed by atoms with Crippen molar-refractivity contribution in [3.05, 3.63) is 70.2 Å². The van der Waals surface area contributed by atoms with E-state index in [1.807, 2.05) is 30.3 Å². The van der Waals surface area contributed by atoms with Crippen molar-refractivity contribution in [2.75, 3.05) is 18.5 Å². The van der Waals surface area contributed by atoms with E-state index < -0.39 is 18.5 Å². The first-order chi connectivity index (χ1) is 13.0. The molecule has 3 aromatic carbocycles. The Morgan fingerprint density at radius 2 is 1.70 bits per heavy atom. The zero-order valence-corrected chi connectivity index (χ0v) is 16.4. The lowest BCUT2D eigenvalue weighted by molar-refractivity contribution is -0.149. The SMILES string of the molecule is O=C(COC(=O)COc1ccc2ccccc2c1Br)Nc1ccccc1Cl. The molecule has 0 fully saturated rings. The minimum absolute atomic E-state index is 0.309. The number of hydrogen-bond acceptors (Lipinski definition) is 4. The molecule has 0 unspecified atom stereocenters. The molecule has 138 valence electrons. The van der Waals surface area contributed by atoms with E-state index in [2.05, 4.69) is 21.2 Å². The standard InChI is InChI=1S/C20H15BrClNO4/c21-20-14-6-2-1-5-13(14)9-10-17(20)26-12-19(25)27-11-18(24)23-16-8-4-3-7-15(16)22/h1-10H,11-12H2,(H,23,24). The van der Waals surface area contributed by atoms with E-state index in [4.69, 9.17) is 21.1 Å². The van der Waals surface area contributed by atoms with E-state index in [0.717, 1.165) is 15.2 Å². The molecule has 0 bridgehead atoms. The average Bonchev–Trinajstić information content (AvgIpc) is 2.68. The van der Waals surface area contributed by atoms with Gasteiger partial charge in [0.15, 0.2) is 13.2 Å². The topological polar surface area (TPSA) is 64.6 Å². The van der Waals surface area contributed by atoms with Gasteiger partial charge in [0, 0.05) is 0 Å². The number of fused-ring (bicyclic) bond motifs is 1. The molecule has 0 radical (unpaired) electrons. The molecule has 0 aliphatic carbocycles. The summed E-state index contributed by atoms with van der Waals surface area (Å²) in [5.41, 5.74) is 0.455. The lowest BCUT2D eigenvalue weighted by Crippen LogP contribution is -2.23. The summed E-state index contributed by atoms with van der Waals surface area (Å²) in [5.74, 6) is -0.612. The Hall–Kier alpha value is -2.57.